The summed E-state index contributed by atoms with van der Waals surface area (Å²) in [7, 11) is -3.30. The van der Waals surface area contributed by atoms with E-state index in [9.17, 15) is 9.36 Å². The van der Waals surface area contributed by atoms with Crippen LogP contribution in [0, 0.1) is 0 Å². The summed E-state index contributed by atoms with van der Waals surface area (Å²) in [6, 6.07) is 1.68. The lowest BCUT2D eigenvalue weighted by Gasteiger charge is -2.12. The van der Waals surface area contributed by atoms with Crippen LogP contribution < -0.4 is 5.73 Å². The van der Waals surface area contributed by atoms with E-state index in [2.05, 4.69) is 9.97 Å². The van der Waals surface area contributed by atoms with Crippen LogP contribution >= 0.6 is 7.60 Å². The van der Waals surface area contributed by atoms with Crippen molar-refractivity contribution in [1.82, 2.24) is 14.4 Å². The monoisotopic (exact) mass is 324 g/mol. The molecule has 2 aromatic heterocycles. The molecular weight excluding hydrogens is 307 g/mol. The maximum atomic E-state index is 12.4. The maximum absolute atomic E-state index is 12.4. The van der Waals surface area contributed by atoms with Gasteiger partial charge in [0.1, 0.15) is 5.69 Å². The van der Waals surface area contributed by atoms with Crippen LogP contribution in [0.5, 0.6) is 0 Å². The molecule has 9 heteroatoms. The molecule has 0 aliphatic heterocycles. The number of nitrogens with zero attached hydrogens (tertiary/aromatic N) is 3. The molecule has 0 bridgehead atoms. The van der Waals surface area contributed by atoms with Crippen LogP contribution in [0.15, 0.2) is 24.3 Å². The van der Waals surface area contributed by atoms with Crippen LogP contribution in [0.25, 0.3) is 11.9 Å². The van der Waals surface area contributed by atoms with Crippen LogP contribution in [-0.4, -0.2) is 33.5 Å². The Kier molecular flexibility index (Phi) is 5.07. The van der Waals surface area contributed by atoms with Gasteiger partial charge in [0.2, 0.25) is 5.78 Å². The first-order valence-electron chi connectivity index (χ1n) is 6.71. The molecule has 0 unspecified atom stereocenters. The van der Waals surface area contributed by atoms with E-state index in [1.807, 2.05) is 0 Å². The number of hydrogen-bond acceptors (Lipinski definition) is 6. The Morgan fingerprint density at radius 2 is 2.09 bits per heavy atom. The lowest BCUT2D eigenvalue weighted by Crippen LogP contribution is -2.10. The predicted octanol–water partition coefficient (Wildman–Crippen LogP) is 2.07. The first kappa shape index (κ1) is 16.4. The molecule has 2 aromatic rings. The Morgan fingerprint density at radius 1 is 1.41 bits per heavy atom. The molecule has 22 heavy (non-hydrogen) atoms. The lowest BCUT2D eigenvalue weighted by molar-refractivity contribution is 0.0996. The molecule has 2 heterocycles. The number of imidazole rings is 1. The van der Waals surface area contributed by atoms with Crippen molar-refractivity contribution >= 4 is 25.4 Å². The number of nitrogens with two attached hydrogens (primary N) is 1. The summed E-state index contributed by atoms with van der Waals surface area (Å²) in [6.07, 6.45) is 4.57. The number of carbonyl (C=O) groups excluding carboxylic acids is 1. The van der Waals surface area contributed by atoms with E-state index in [1.165, 1.54) is 18.2 Å². The van der Waals surface area contributed by atoms with Crippen molar-refractivity contribution < 1.29 is 18.4 Å². The van der Waals surface area contributed by atoms with E-state index in [-0.39, 0.29) is 18.9 Å². The summed E-state index contributed by atoms with van der Waals surface area (Å²) in [5.74, 6) is 1.05. The first-order chi connectivity index (χ1) is 10.5. The molecule has 0 aliphatic rings. The second-order valence-electron chi connectivity index (χ2n) is 4.22. The topological polar surface area (TPSA) is 109 Å². The second-order valence-corrected chi connectivity index (χ2v) is 6.12. The fraction of sp³-hybridized carbons (Fsp3) is 0.308. The van der Waals surface area contributed by atoms with Crippen LogP contribution in [0.4, 0.5) is 0 Å². The summed E-state index contributed by atoms with van der Waals surface area (Å²) in [6.45, 7) is 4.01. The minimum absolute atomic E-state index is 0.103. The Bertz CT molecular complexity index is 746. The summed E-state index contributed by atoms with van der Waals surface area (Å²) in [5, 5.41) is 0. The quantitative estimate of drug-likeness (QED) is 0.781. The fourth-order valence-corrected chi connectivity index (χ4v) is 3.12. The summed E-state index contributed by atoms with van der Waals surface area (Å²) >= 11 is 0. The molecule has 0 spiro atoms. The van der Waals surface area contributed by atoms with Gasteiger partial charge in [0.05, 0.1) is 18.9 Å². The molecule has 0 atom stereocenters. The van der Waals surface area contributed by atoms with E-state index in [1.54, 1.807) is 30.4 Å². The van der Waals surface area contributed by atoms with Gasteiger partial charge in [-0.15, -0.1) is 0 Å². The zero-order valence-electron chi connectivity index (χ0n) is 12.3. The highest BCUT2D eigenvalue weighted by atomic mass is 31.2. The minimum atomic E-state index is -3.30. The van der Waals surface area contributed by atoms with Crippen LogP contribution in [0.2, 0.25) is 0 Å². The molecule has 0 radical (unpaired) electrons. The molecule has 0 saturated heterocycles. The normalized spacial score (nSPS) is 12.3. The second kappa shape index (κ2) is 6.83. The fourth-order valence-electron chi connectivity index (χ4n) is 1.82. The molecule has 2 N–H and O–H groups in total. The van der Waals surface area contributed by atoms with Crippen molar-refractivity contribution in [2.24, 2.45) is 5.73 Å². The van der Waals surface area contributed by atoms with Gasteiger partial charge in [-0.2, -0.15) is 0 Å². The highest BCUT2D eigenvalue weighted by Crippen LogP contribution is 2.50. The number of primary amides is 1. The van der Waals surface area contributed by atoms with Crippen molar-refractivity contribution in [3.05, 3.63) is 35.7 Å². The summed E-state index contributed by atoms with van der Waals surface area (Å²) < 4.78 is 24.3. The average molecular weight is 324 g/mol. The van der Waals surface area contributed by atoms with Crippen LogP contribution in [0.3, 0.4) is 0 Å². The van der Waals surface area contributed by atoms with Gasteiger partial charge in [0, 0.05) is 18.2 Å². The number of hydrogen-bond donors (Lipinski definition) is 1. The van der Waals surface area contributed by atoms with Gasteiger partial charge in [0.15, 0.2) is 0 Å². The number of amides is 1. The third kappa shape index (κ3) is 3.59. The Balaban J connectivity index is 2.40. The van der Waals surface area contributed by atoms with E-state index < -0.39 is 13.5 Å². The zero-order chi connectivity index (χ0) is 16.2. The number of aromatic nitrogens is 3. The van der Waals surface area contributed by atoms with Gasteiger partial charge >= 0.3 is 7.60 Å². The number of rotatable bonds is 7. The maximum Gasteiger partial charge on any atom is 0.354 e. The molecule has 0 aromatic carbocycles. The smallest absolute Gasteiger partial charge is 0.354 e. The third-order valence-electron chi connectivity index (χ3n) is 2.70. The minimum Gasteiger partial charge on any atom is -0.364 e. The van der Waals surface area contributed by atoms with Crippen LogP contribution in [0.1, 0.15) is 30.0 Å². The van der Waals surface area contributed by atoms with Crippen molar-refractivity contribution in [3.63, 3.8) is 0 Å². The summed E-state index contributed by atoms with van der Waals surface area (Å²) in [5.41, 5.74) is 5.92. The molecule has 2 rings (SSSR count). The molecule has 1 amide bonds. The van der Waals surface area contributed by atoms with Gasteiger partial charge in [-0.25, -0.2) is 9.97 Å². The first-order valence-corrected chi connectivity index (χ1v) is 8.32. The lowest BCUT2D eigenvalue weighted by atomic mass is 10.4. The molecule has 0 aliphatic carbocycles. The van der Waals surface area contributed by atoms with Crippen LogP contribution in [-0.2, 0) is 13.6 Å². The standard InChI is InChI=1S/C13H17N4O4P/c1-3-20-22(19,21-4-2)8-6-10-5-7-15-13-16-11(12(14)18)9-17(10)13/h5-9H,3-4H2,1-2H3,(H2,14,18)/b8-6+. The van der Waals surface area contributed by atoms with E-state index >= 15 is 0 Å². The van der Waals surface area contributed by atoms with Crippen molar-refractivity contribution in [2.75, 3.05) is 13.2 Å². The zero-order valence-corrected chi connectivity index (χ0v) is 13.2. The molecule has 118 valence electrons. The Labute approximate surface area is 127 Å². The highest BCUT2D eigenvalue weighted by molar-refractivity contribution is 7.57. The highest BCUT2D eigenvalue weighted by Gasteiger charge is 2.19. The summed E-state index contributed by atoms with van der Waals surface area (Å²) in [4.78, 5) is 19.2. The van der Waals surface area contributed by atoms with E-state index in [0.29, 0.717) is 11.5 Å². The molecule has 0 saturated carbocycles. The van der Waals surface area contributed by atoms with Crippen molar-refractivity contribution in [3.8, 4) is 0 Å². The predicted molar refractivity (Wildman–Crippen MR) is 81.4 cm³/mol. The van der Waals surface area contributed by atoms with Gasteiger partial charge in [-0.05, 0) is 26.0 Å². The largest absolute Gasteiger partial charge is 0.364 e. The van der Waals surface area contributed by atoms with E-state index in [0.717, 1.165) is 0 Å². The SMILES string of the molecule is CCOP(=O)(/C=C/c1ccnc2nc(C(N)=O)cn12)OCC. The average Bonchev–Trinajstić information content (AvgIpc) is 2.90. The Morgan fingerprint density at radius 3 is 2.68 bits per heavy atom. The Hall–Kier alpha value is -2.02. The van der Waals surface area contributed by atoms with Gasteiger partial charge in [-0.1, -0.05) is 0 Å². The van der Waals surface area contributed by atoms with Gasteiger partial charge < -0.3 is 14.8 Å². The van der Waals surface area contributed by atoms with Gasteiger partial charge in [0.25, 0.3) is 5.91 Å². The van der Waals surface area contributed by atoms with Gasteiger partial charge in [-0.3, -0.25) is 13.8 Å². The molecular formula is C13H17N4O4P. The van der Waals surface area contributed by atoms with Crippen molar-refractivity contribution in [2.45, 2.75) is 13.8 Å². The number of fused-ring (bicyclic) bond motifs is 1. The molecule has 0 fully saturated rings. The van der Waals surface area contributed by atoms with Crippen molar-refractivity contribution in [1.29, 1.82) is 0 Å². The molecule has 8 nitrogen and oxygen atoms in total. The third-order valence-corrected chi connectivity index (χ3v) is 4.45. The number of carbonyl (C=O) groups is 1. The van der Waals surface area contributed by atoms with E-state index in [4.69, 9.17) is 14.8 Å².